The summed E-state index contributed by atoms with van der Waals surface area (Å²) in [4.78, 5) is 30.8. The van der Waals surface area contributed by atoms with Crippen LogP contribution in [0.5, 0.6) is 0 Å². The molecular formula is C18H12ClN3O3S. The van der Waals surface area contributed by atoms with Crippen molar-refractivity contribution in [2.45, 2.75) is 13.0 Å². The SMILES string of the molecule is O=C(c1ccc([N+](=O)[O-])cc1Cl)N1Cc2ccsc2Cc2ncccc21. The van der Waals surface area contributed by atoms with Gasteiger partial charge in [0.25, 0.3) is 11.6 Å². The van der Waals surface area contributed by atoms with E-state index in [1.54, 1.807) is 28.5 Å². The number of benzene rings is 1. The maximum atomic E-state index is 13.2. The second-order valence-electron chi connectivity index (χ2n) is 5.83. The van der Waals surface area contributed by atoms with E-state index in [0.717, 1.165) is 16.9 Å². The highest BCUT2D eigenvalue weighted by molar-refractivity contribution is 7.10. The minimum absolute atomic E-state index is 0.0597. The molecule has 0 aliphatic carbocycles. The Morgan fingerprint density at radius 2 is 2.15 bits per heavy atom. The van der Waals surface area contributed by atoms with Gasteiger partial charge in [0.05, 0.1) is 33.4 Å². The van der Waals surface area contributed by atoms with Gasteiger partial charge in [-0.15, -0.1) is 11.3 Å². The van der Waals surface area contributed by atoms with Crippen LogP contribution in [0.2, 0.25) is 5.02 Å². The highest BCUT2D eigenvalue weighted by atomic mass is 35.5. The van der Waals surface area contributed by atoms with Gasteiger partial charge in [0.15, 0.2) is 0 Å². The fraction of sp³-hybridized carbons (Fsp3) is 0.111. The molecule has 1 aliphatic heterocycles. The number of nitro benzene ring substituents is 1. The third-order valence-electron chi connectivity index (χ3n) is 4.29. The fourth-order valence-corrected chi connectivity index (χ4v) is 4.16. The maximum Gasteiger partial charge on any atom is 0.270 e. The van der Waals surface area contributed by atoms with Crippen molar-refractivity contribution >= 4 is 40.2 Å². The van der Waals surface area contributed by atoms with Gasteiger partial charge in [-0.3, -0.25) is 19.9 Å². The Hall–Kier alpha value is -2.77. The standard InChI is InChI=1S/C18H12ClN3O3S/c19-14-8-12(22(24)25)3-4-13(14)18(23)21-10-11-5-7-26-17(11)9-15-16(21)2-1-6-20-15/h1-8H,9-10H2. The van der Waals surface area contributed by atoms with Gasteiger partial charge in [-0.25, -0.2) is 0 Å². The Bertz CT molecular complexity index is 1030. The van der Waals surface area contributed by atoms with Crippen LogP contribution in [0.4, 0.5) is 11.4 Å². The lowest BCUT2D eigenvalue weighted by Gasteiger charge is -2.23. The lowest BCUT2D eigenvalue weighted by molar-refractivity contribution is -0.384. The third-order valence-corrected chi connectivity index (χ3v) is 5.57. The molecule has 26 heavy (non-hydrogen) atoms. The Labute approximate surface area is 157 Å². The number of carbonyl (C=O) groups excluding carboxylic acids is 1. The van der Waals surface area contributed by atoms with Crippen LogP contribution in [-0.2, 0) is 13.0 Å². The van der Waals surface area contributed by atoms with Gasteiger partial charge >= 0.3 is 0 Å². The first-order valence-electron chi connectivity index (χ1n) is 7.79. The number of rotatable bonds is 2. The van der Waals surface area contributed by atoms with Crippen LogP contribution in [0, 0.1) is 10.1 Å². The van der Waals surface area contributed by atoms with E-state index in [4.69, 9.17) is 11.6 Å². The molecule has 0 unspecified atom stereocenters. The van der Waals surface area contributed by atoms with Gasteiger partial charge in [0.1, 0.15) is 0 Å². The average Bonchev–Trinajstić information content (AvgIpc) is 3.00. The van der Waals surface area contributed by atoms with E-state index in [-0.39, 0.29) is 22.2 Å². The van der Waals surface area contributed by atoms with Gasteiger partial charge in [0, 0.05) is 29.6 Å². The smallest absolute Gasteiger partial charge is 0.270 e. The molecule has 0 saturated carbocycles. The molecule has 4 rings (SSSR count). The Kier molecular flexibility index (Phi) is 4.18. The van der Waals surface area contributed by atoms with Crippen LogP contribution in [0.25, 0.3) is 0 Å². The summed E-state index contributed by atoms with van der Waals surface area (Å²) in [6.45, 7) is 0.406. The van der Waals surface area contributed by atoms with E-state index in [1.807, 2.05) is 17.5 Å². The topological polar surface area (TPSA) is 76.3 Å². The summed E-state index contributed by atoms with van der Waals surface area (Å²) in [5, 5.41) is 13.0. The summed E-state index contributed by atoms with van der Waals surface area (Å²) >= 11 is 7.81. The fourth-order valence-electron chi connectivity index (χ4n) is 3.00. The summed E-state index contributed by atoms with van der Waals surface area (Å²) in [6, 6.07) is 9.54. The van der Waals surface area contributed by atoms with Gasteiger partial charge in [-0.2, -0.15) is 0 Å². The van der Waals surface area contributed by atoms with Crippen LogP contribution in [0.3, 0.4) is 0 Å². The molecule has 0 spiro atoms. The van der Waals surface area contributed by atoms with Crippen molar-refractivity contribution in [2.75, 3.05) is 4.90 Å². The van der Waals surface area contributed by atoms with Crippen LogP contribution < -0.4 is 4.90 Å². The molecule has 3 heterocycles. The lowest BCUT2D eigenvalue weighted by Crippen LogP contribution is -2.30. The maximum absolute atomic E-state index is 13.2. The average molecular weight is 386 g/mol. The Balaban J connectivity index is 1.79. The molecular weight excluding hydrogens is 374 g/mol. The minimum atomic E-state index is -0.539. The van der Waals surface area contributed by atoms with Crippen LogP contribution in [0.1, 0.15) is 26.5 Å². The van der Waals surface area contributed by atoms with Crippen molar-refractivity contribution in [1.29, 1.82) is 0 Å². The molecule has 8 heteroatoms. The molecule has 0 fully saturated rings. The number of pyridine rings is 1. The van der Waals surface area contributed by atoms with Crippen molar-refractivity contribution < 1.29 is 9.72 Å². The number of fused-ring (bicyclic) bond motifs is 2. The van der Waals surface area contributed by atoms with Crippen molar-refractivity contribution in [2.24, 2.45) is 0 Å². The zero-order chi connectivity index (χ0) is 18.3. The highest BCUT2D eigenvalue weighted by Gasteiger charge is 2.28. The quantitative estimate of drug-likeness (QED) is 0.482. The second-order valence-corrected chi connectivity index (χ2v) is 7.24. The molecule has 130 valence electrons. The summed E-state index contributed by atoms with van der Waals surface area (Å²) in [5.41, 5.74) is 2.70. The van der Waals surface area contributed by atoms with Gasteiger partial charge in [-0.05, 0) is 35.2 Å². The Morgan fingerprint density at radius 1 is 1.31 bits per heavy atom. The third kappa shape index (κ3) is 2.85. The van der Waals surface area contributed by atoms with Crippen LogP contribution in [-0.4, -0.2) is 15.8 Å². The molecule has 1 amide bonds. The van der Waals surface area contributed by atoms with Crippen molar-refractivity contribution in [3.05, 3.63) is 84.8 Å². The number of thiophene rings is 1. The first kappa shape index (κ1) is 16.7. The zero-order valence-electron chi connectivity index (χ0n) is 13.4. The van der Waals surface area contributed by atoms with E-state index in [2.05, 4.69) is 4.98 Å². The lowest BCUT2D eigenvalue weighted by atomic mass is 10.1. The molecule has 2 aromatic heterocycles. The number of hydrogen-bond donors (Lipinski definition) is 0. The summed E-state index contributed by atoms with van der Waals surface area (Å²) < 4.78 is 0. The van der Waals surface area contributed by atoms with Crippen molar-refractivity contribution in [3.8, 4) is 0 Å². The number of halogens is 1. The molecule has 3 aromatic rings. The van der Waals surface area contributed by atoms with E-state index >= 15 is 0 Å². The zero-order valence-corrected chi connectivity index (χ0v) is 15.0. The molecule has 0 N–H and O–H groups in total. The van der Waals surface area contributed by atoms with Crippen LogP contribution >= 0.6 is 22.9 Å². The molecule has 6 nitrogen and oxygen atoms in total. The Morgan fingerprint density at radius 3 is 2.92 bits per heavy atom. The molecule has 1 aromatic carbocycles. The second kappa shape index (κ2) is 6.51. The number of anilines is 1. The van der Waals surface area contributed by atoms with Crippen molar-refractivity contribution in [3.63, 3.8) is 0 Å². The monoisotopic (exact) mass is 385 g/mol. The number of nitro groups is 1. The number of amides is 1. The van der Waals surface area contributed by atoms with Gasteiger partial charge in [0.2, 0.25) is 0 Å². The van der Waals surface area contributed by atoms with E-state index in [9.17, 15) is 14.9 Å². The molecule has 0 saturated heterocycles. The van der Waals surface area contributed by atoms with E-state index in [1.165, 1.54) is 23.1 Å². The first-order valence-corrected chi connectivity index (χ1v) is 9.05. The summed E-state index contributed by atoms with van der Waals surface area (Å²) in [7, 11) is 0. The molecule has 0 atom stereocenters. The molecule has 0 radical (unpaired) electrons. The van der Waals surface area contributed by atoms with E-state index in [0.29, 0.717) is 13.0 Å². The predicted molar refractivity (Wildman–Crippen MR) is 100.0 cm³/mol. The number of nitrogens with zero attached hydrogens (tertiary/aromatic N) is 3. The number of aromatic nitrogens is 1. The van der Waals surface area contributed by atoms with Crippen LogP contribution in [0.15, 0.2) is 48.0 Å². The normalized spacial score (nSPS) is 12.9. The first-order chi connectivity index (χ1) is 12.5. The van der Waals surface area contributed by atoms with Crippen molar-refractivity contribution in [1.82, 2.24) is 4.98 Å². The van der Waals surface area contributed by atoms with E-state index < -0.39 is 4.92 Å². The minimum Gasteiger partial charge on any atom is -0.302 e. The number of hydrogen-bond acceptors (Lipinski definition) is 5. The molecule has 0 bridgehead atoms. The van der Waals surface area contributed by atoms with Gasteiger partial charge < -0.3 is 4.90 Å². The van der Waals surface area contributed by atoms with Gasteiger partial charge in [-0.1, -0.05) is 11.6 Å². The number of carbonyl (C=O) groups is 1. The molecule has 1 aliphatic rings. The summed E-state index contributed by atoms with van der Waals surface area (Å²) in [5.74, 6) is -0.307. The highest BCUT2D eigenvalue weighted by Crippen LogP contribution is 2.34. The predicted octanol–water partition coefficient (Wildman–Crippen LogP) is 4.46. The summed E-state index contributed by atoms with van der Waals surface area (Å²) in [6.07, 6.45) is 2.37. The number of non-ortho nitro benzene ring substituents is 1. The largest absolute Gasteiger partial charge is 0.302 e.